The zero-order chi connectivity index (χ0) is 24.5. The number of piperazine rings is 1. The summed E-state index contributed by atoms with van der Waals surface area (Å²) in [5.74, 6) is -0.496. The zero-order valence-electron chi connectivity index (χ0n) is 19.8. The maximum Gasteiger partial charge on any atom is 0.267 e. The average Bonchev–Trinajstić information content (AvgIpc) is 3.28. The molecular weight excluding hydrogens is 448 g/mol. The summed E-state index contributed by atoms with van der Waals surface area (Å²) in [7, 11) is 1.81. The lowest BCUT2D eigenvalue weighted by Gasteiger charge is -2.33. The van der Waals surface area contributed by atoms with Crippen LogP contribution in [0.4, 0.5) is 5.69 Å². The van der Waals surface area contributed by atoms with E-state index in [0.717, 1.165) is 24.1 Å². The Morgan fingerprint density at radius 3 is 2.77 bits per heavy atom. The van der Waals surface area contributed by atoms with E-state index in [-0.39, 0.29) is 24.1 Å². The molecule has 10 nitrogen and oxygen atoms in total. The van der Waals surface area contributed by atoms with Crippen molar-refractivity contribution >= 4 is 23.0 Å². The number of nitrogens with one attached hydrogen (secondary N) is 1. The van der Waals surface area contributed by atoms with Gasteiger partial charge in [-0.25, -0.2) is 0 Å². The third kappa shape index (κ3) is 4.71. The molecule has 3 aromatic heterocycles. The average molecular weight is 479 g/mol. The quantitative estimate of drug-likeness (QED) is 0.564. The summed E-state index contributed by atoms with van der Waals surface area (Å²) in [5.41, 5.74) is 1.92. The van der Waals surface area contributed by atoms with Gasteiger partial charge in [-0.05, 0) is 36.6 Å². The summed E-state index contributed by atoms with van der Waals surface area (Å²) in [6, 6.07) is 6.73. The van der Waals surface area contributed by atoms with Gasteiger partial charge in [0.15, 0.2) is 0 Å². The third-order valence-electron chi connectivity index (χ3n) is 6.94. The smallest absolute Gasteiger partial charge is 0.267 e. The van der Waals surface area contributed by atoms with E-state index in [4.69, 9.17) is 0 Å². The van der Waals surface area contributed by atoms with Crippen LogP contribution in [0.3, 0.4) is 0 Å². The fourth-order valence-electron chi connectivity index (χ4n) is 5.06. The predicted molar refractivity (Wildman–Crippen MR) is 130 cm³/mol. The van der Waals surface area contributed by atoms with Crippen LogP contribution in [0.1, 0.15) is 41.6 Å². The van der Waals surface area contributed by atoms with Crippen LogP contribution in [0.5, 0.6) is 0 Å². The maximum absolute atomic E-state index is 13.1. The van der Waals surface area contributed by atoms with Crippen LogP contribution in [-0.2, 0) is 18.4 Å². The molecule has 2 fully saturated rings. The highest BCUT2D eigenvalue weighted by Gasteiger charge is 2.28. The van der Waals surface area contributed by atoms with Gasteiger partial charge in [-0.2, -0.15) is 5.10 Å². The fourth-order valence-corrected chi connectivity index (χ4v) is 5.06. The molecule has 184 valence electrons. The minimum absolute atomic E-state index is 0.0223. The van der Waals surface area contributed by atoms with E-state index in [2.05, 4.69) is 10.4 Å². The molecule has 2 N–H and O–H groups in total. The number of hydrogen-bond donors (Lipinski definition) is 2. The van der Waals surface area contributed by atoms with Crippen molar-refractivity contribution in [1.82, 2.24) is 24.4 Å². The van der Waals surface area contributed by atoms with Gasteiger partial charge in [0.05, 0.1) is 36.1 Å². The number of rotatable bonds is 5. The molecule has 1 saturated carbocycles. The Hall–Kier alpha value is -3.50. The van der Waals surface area contributed by atoms with Gasteiger partial charge in [0, 0.05) is 39.1 Å². The molecule has 0 unspecified atom stereocenters. The molecular formula is C25H30N6O4. The highest BCUT2D eigenvalue weighted by Crippen LogP contribution is 2.21. The molecule has 10 heteroatoms. The number of hydrogen-bond acceptors (Lipinski definition) is 6. The van der Waals surface area contributed by atoms with E-state index in [0.29, 0.717) is 38.0 Å². The van der Waals surface area contributed by atoms with Crippen LogP contribution in [0.25, 0.3) is 5.52 Å². The standard InChI is InChI=1S/C25H30N6O4/c1-28-15-18(13-26-28)30-11-10-29(16-23(30)33)14-17-12-19(25(35)31-9-5-4-7-21(17)31)24(34)27-20-6-2-3-8-22(20)32/h4-5,7,9,12-13,15,20,22,32H,2-3,6,8,10-11,14,16H2,1H3,(H,27,34)/t20-,22-/m0/s1. The van der Waals surface area contributed by atoms with E-state index in [1.54, 1.807) is 34.1 Å². The summed E-state index contributed by atoms with van der Waals surface area (Å²) in [6.45, 7) is 1.83. The van der Waals surface area contributed by atoms with Gasteiger partial charge in [0.25, 0.3) is 11.5 Å². The van der Waals surface area contributed by atoms with Crippen LogP contribution in [0, 0.1) is 0 Å². The first-order chi connectivity index (χ1) is 16.9. The maximum atomic E-state index is 13.1. The van der Waals surface area contributed by atoms with Crippen LogP contribution >= 0.6 is 0 Å². The van der Waals surface area contributed by atoms with Gasteiger partial charge < -0.3 is 15.3 Å². The van der Waals surface area contributed by atoms with E-state index in [9.17, 15) is 19.5 Å². The van der Waals surface area contributed by atoms with Crippen molar-refractivity contribution in [3.05, 3.63) is 64.3 Å². The SMILES string of the molecule is Cn1cc(N2CCN(Cc3cc(C(=O)N[C@H]4CCCC[C@@H]4O)c(=O)n4ccccc34)CC2=O)cn1. The Bertz CT molecular complexity index is 1310. The Labute approximate surface area is 202 Å². The molecule has 3 aromatic rings. The first kappa shape index (κ1) is 23.3. The normalized spacial score (nSPS) is 21.4. The second kappa shape index (κ2) is 9.63. The van der Waals surface area contributed by atoms with Crippen molar-refractivity contribution in [2.45, 2.75) is 44.4 Å². The van der Waals surface area contributed by atoms with Crippen LogP contribution < -0.4 is 15.8 Å². The third-order valence-corrected chi connectivity index (χ3v) is 6.94. The number of aliphatic hydroxyl groups is 1. The first-order valence-corrected chi connectivity index (χ1v) is 12.0. The van der Waals surface area contributed by atoms with Crippen LogP contribution in [0.15, 0.2) is 47.7 Å². The lowest BCUT2D eigenvalue weighted by atomic mass is 9.92. The molecule has 0 spiro atoms. The number of carbonyl (C=O) groups excluding carboxylic acids is 2. The van der Waals surface area contributed by atoms with Crippen molar-refractivity contribution in [2.75, 3.05) is 24.5 Å². The molecule has 2 atom stereocenters. The van der Waals surface area contributed by atoms with Crippen LogP contribution in [0.2, 0.25) is 0 Å². The molecule has 1 aliphatic carbocycles. The van der Waals surface area contributed by atoms with Crippen molar-refractivity contribution < 1.29 is 14.7 Å². The Kier molecular flexibility index (Phi) is 6.40. The molecule has 4 heterocycles. The number of aromatic nitrogens is 3. The minimum atomic E-state index is -0.600. The molecule has 2 aliphatic rings. The zero-order valence-corrected chi connectivity index (χ0v) is 19.8. The van der Waals surface area contributed by atoms with E-state index in [1.165, 1.54) is 4.40 Å². The summed E-state index contributed by atoms with van der Waals surface area (Å²) in [4.78, 5) is 42.9. The lowest BCUT2D eigenvalue weighted by Crippen LogP contribution is -2.50. The second-order valence-corrected chi connectivity index (χ2v) is 9.40. The minimum Gasteiger partial charge on any atom is -0.391 e. The molecule has 5 rings (SSSR count). The number of aliphatic hydroxyl groups excluding tert-OH is 1. The van der Waals surface area contributed by atoms with Gasteiger partial charge in [0.1, 0.15) is 5.56 Å². The highest BCUT2D eigenvalue weighted by atomic mass is 16.3. The van der Waals surface area contributed by atoms with Gasteiger partial charge in [-0.1, -0.05) is 18.9 Å². The van der Waals surface area contributed by atoms with Crippen molar-refractivity contribution in [3.8, 4) is 0 Å². The molecule has 0 radical (unpaired) electrons. The number of fused-ring (bicyclic) bond motifs is 1. The number of anilines is 1. The first-order valence-electron chi connectivity index (χ1n) is 12.0. The molecule has 2 amide bonds. The van der Waals surface area contributed by atoms with E-state index >= 15 is 0 Å². The lowest BCUT2D eigenvalue weighted by molar-refractivity contribution is -0.121. The predicted octanol–water partition coefficient (Wildman–Crippen LogP) is 0.915. The Morgan fingerprint density at radius 2 is 2.03 bits per heavy atom. The molecule has 35 heavy (non-hydrogen) atoms. The fraction of sp³-hybridized carbons (Fsp3) is 0.440. The van der Waals surface area contributed by atoms with Crippen molar-refractivity contribution in [3.63, 3.8) is 0 Å². The molecule has 1 saturated heterocycles. The van der Waals surface area contributed by atoms with Gasteiger partial charge in [-0.15, -0.1) is 0 Å². The number of pyridine rings is 2. The Balaban J connectivity index is 1.39. The summed E-state index contributed by atoms with van der Waals surface area (Å²) in [5, 5.41) is 17.3. The van der Waals surface area contributed by atoms with Crippen molar-refractivity contribution in [2.24, 2.45) is 7.05 Å². The molecule has 1 aliphatic heterocycles. The van der Waals surface area contributed by atoms with Crippen molar-refractivity contribution in [1.29, 1.82) is 0 Å². The number of amides is 2. The monoisotopic (exact) mass is 478 g/mol. The summed E-state index contributed by atoms with van der Waals surface area (Å²) < 4.78 is 3.15. The Morgan fingerprint density at radius 1 is 1.20 bits per heavy atom. The number of nitrogens with zero attached hydrogens (tertiary/aromatic N) is 5. The summed E-state index contributed by atoms with van der Waals surface area (Å²) in [6.07, 6.45) is 7.75. The molecule has 0 bridgehead atoms. The van der Waals surface area contributed by atoms with E-state index < -0.39 is 17.6 Å². The van der Waals surface area contributed by atoms with E-state index in [1.807, 2.05) is 30.3 Å². The highest BCUT2D eigenvalue weighted by molar-refractivity contribution is 5.96. The van der Waals surface area contributed by atoms with Gasteiger partial charge in [-0.3, -0.25) is 28.4 Å². The van der Waals surface area contributed by atoms with Gasteiger partial charge >= 0.3 is 0 Å². The molecule has 0 aromatic carbocycles. The number of carbonyl (C=O) groups is 2. The number of aryl methyl sites for hydroxylation is 1. The second-order valence-electron chi connectivity index (χ2n) is 9.40. The van der Waals surface area contributed by atoms with Gasteiger partial charge in [0.2, 0.25) is 5.91 Å². The summed E-state index contributed by atoms with van der Waals surface area (Å²) >= 11 is 0. The topological polar surface area (TPSA) is 112 Å². The largest absolute Gasteiger partial charge is 0.391 e. The van der Waals surface area contributed by atoms with Crippen LogP contribution in [-0.4, -0.2) is 67.8 Å².